The molecule has 1 saturated heterocycles. The molecule has 2 aromatic heterocycles. The van der Waals surface area contributed by atoms with Crippen LogP contribution in [0.2, 0.25) is 0 Å². The van der Waals surface area contributed by atoms with Crippen LogP contribution in [0.1, 0.15) is 43.3 Å². The zero-order valence-electron chi connectivity index (χ0n) is 19.6. The number of ether oxygens (including phenoxy) is 3. The number of methoxy groups -OCH3 is 3. The second kappa shape index (κ2) is 9.34. The van der Waals surface area contributed by atoms with Gasteiger partial charge >= 0.3 is 5.97 Å². The van der Waals surface area contributed by atoms with Gasteiger partial charge in [0.25, 0.3) is 5.91 Å². The number of esters is 1. The number of hydrogen-bond donors (Lipinski definition) is 0. The number of furan rings is 1. The fourth-order valence-corrected chi connectivity index (χ4v) is 5.04. The third-order valence-corrected chi connectivity index (χ3v) is 6.83. The quantitative estimate of drug-likeness (QED) is 0.209. The molecule has 35 heavy (non-hydrogen) atoms. The minimum atomic E-state index is -1.44. The summed E-state index contributed by atoms with van der Waals surface area (Å²) in [5, 5.41) is 0.0713. The first kappa shape index (κ1) is 24.1. The summed E-state index contributed by atoms with van der Waals surface area (Å²) in [5.41, 5.74) is 0.685. The third-order valence-electron chi connectivity index (χ3n) is 5.69. The molecule has 0 aliphatic carbocycles. The summed E-state index contributed by atoms with van der Waals surface area (Å²) in [5.74, 6) is -3.40. The van der Waals surface area contributed by atoms with Crippen molar-refractivity contribution in [1.29, 1.82) is 0 Å². The van der Waals surface area contributed by atoms with Crippen LogP contribution in [0.3, 0.4) is 0 Å². The van der Waals surface area contributed by atoms with Gasteiger partial charge in [0.05, 0.1) is 33.1 Å². The number of aryl methyl sites for hydroxylation is 2. The number of hydrogen-bond acceptors (Lipinski definition) is 10. The Kier molecular flexibility index (Phi) is 6.44. The van der Waals surface area contributed by atoms with Crippen molar-refractivity contribution in [2.75, 3.05) is 26.2 Å². The molecule has 1 amide bonds. The van der Waals surface area contributed by atoms with Crippen molar-refractivity contribution in [3.8, 4) is 11.5 Å². The predicted octanol–water partition coefficient (Wildman–Crippen LogP) is 3.31. The second-order valence-corrected chi connectivity index (χ2v) is 8.72. The van der Waals surface area contributed by atoms with Crippen molar-refractivity contribution in [2.24, 2.45) is 5.92 Å². The van der Waals surface area contributed by atoms with E-state index >= 15 is 0 Å². The Labute approximate surface area is 204 Å². The Balaban J connectivity index is 1.93. The van der Waals surface area contributed by atoms with Crippen LogP contribution in [0.15, 0.2) is 34.7 Å². The summed E-state index contributed by atoms with van der Waals surface area (Å²) in [4.78, 5) is 58.0. The highest BCUT2D eigenvalue weighted by Crippen LogP contribution is 2.46. The molecular weight excluding hydrogens is 476 g/mol. The van der Waals surface area contributed by atoms with Gasteiger partial charge in [-0.1, -0.05) is 11.3 Å². The Morgan fingerprint density at radius 3 is 2.40 bits per heavy atom. The van der Waals surface area contributed by atoms with Gasteiger partial charge in [0.1, 0.15) is 28.1 Å². The molecule has 2 atom stereocenters. The molecule has 1 fully saturated rings. The maximum atomic E-state index is 13.5. The predicted molar refractivity (Wildman–Crippen MR) is 124 cm³/mol. The van der Waals surface area contributed by atoms with Crippen LogP contribution >= 0.6 is 11.3 Å². The lowest BCUT2D eigenvalue weighted by atomic mass is 9.87. The van der Waals surface area contributed by atoms with Crippen LogP contribution in [0, 0.1) is 19.8 Å². The van der Waals surface area contributed by atoms with E-state index in [1.807, 2.05) is 0 Å². The molecular formula is C24H22N2O8S. The number of benzene rings is 1. The van der Waals surface area contributed by atoms with Gasteiger partial charge in [-0.25, -0.2) is 9.78 Å². The van der Waals surface area contributed by atoms with Gasteiger partial charge in [0.2, 0.25) is 11.6 Å². The molecule has 0 N–H and O–H groups in total. The summed E-state index contributed by atoms with van der Waals surface area (Å²) in [7, 11) is 4.13. The lowest BCUT2D eigenvalue weighted by molar-refractivity contribution is -0.135. The molecule has 2 unspecified atom stereocenters. The first-order valence-electron chi connectivity index (χ1n) is 10.5. The normalized spacial score (nSPS) is 17.6. The standard InChI is InChI=1S/C24H22N2O8S/c1-11-6-8-16(34-11)19(27)17-18(14-10-13(31-3)7-9-15(14)32-4)26(22(29)20(17)28)24-25-12(2)21(35-24)23(30)33-5/h6-10,17-18H,1-5H3. The van der Waals surface area contributed by atoms with E-state index in [4.69, 9.17) is 18.6 Å². The van der Waals surface area contributed by atoms with Crippen LogP contribution in [0.25, 0.3) is 0 Å². The highest BCUT2D eigenvalue weighted by Gasteiger charge is 2.55. The monoisotopic (exact) mass is 498 g/mol. The van der Waals surface area contributed by atoms with E-state index in [0.717, 1.165) is 16.2 Å². The highest BCUT2D eigenvalue weighted by molar-refractivity contribution is 7.17. The molecule has 11 heteroatoms. The average molecular weight is 499 g/mol. The molecule has 1 aliphatic heterocycles. The minimum absolute atomic E-state index is 0.0482. The van der Waals surface area contributed by atoms with E-state index in [1.165, 1.54) is 27.4 Å². The second-order valence-electron chi connectivity index (χ2n) is 7.75. The largest absolute Gasteiger partial charge is 0.497 e. The fourth-order valence-electron chi connectivity index (χ4n) is 4.02. The van der Waals surface area contributed by atoms with Crippen molar-refractivity contribution in [3.05, 3.63) is 58.0 Å². The Bertz CT molecular complexity index is 1340. The fraction of sp³-hybridized carbons (Fsp3) is 0.292. The molecule has 3 aromatic rings. The number of nitrogens with zero attached hydrogens (tertiary/aromatic N) is 2. The SMILES string of the molecule is COC(=O)c1sc(N2C(=O)C(=O)C(C(=O)c3ccc(C)o3)C2c2cc(OC)ccc2OC)nc1C. The van der Waals surface area contributed by atoms with E-state index in [-0.39, 0.29) is 15.8 Å². The van der Waals surface area contributed by atoms with E-state index < -0.39 is 35.4 Å². The smallest absolute Gasteiger partial charge is 0.350 e. The Morgan fingerprint density at radius 1 is 1.06 bits per heavy atom. The van der Waals surface area contributed by atoms with Crippen molar-refractivity contribution >= 4 is 39.9 Å². The highest BCUT2D eigenvalue weighted by atomic mass is 32.1. The topological polar surface area (TPSA) is 125 Å². The Hall–Kier alpha value is -3.99. The molecule has 1 aromatic carbocycles. The number of carbonyl (C=O) groups excluding carboxylic acids is 4. The van der Waals surface area contributed by atoms with Crippen LogP contribution < -0.4 is 14.4 Å². The number of ketones is 2. The van der Waals surface area contributed by atoms with Gasteiger partial charge in [-0.15, -0.1) is 0 Å². The first-order valence-corrected chi connectivity index (χ1v) is 11.3. The maximum absolute atomic E-state index is 13.5. The minimum Gasteiger partial charge on any atom is -0.497 e. The summed E-state index contributed by atoms with van der Waals surface area (Å²) in [6, 6.07) is 6.79. The molecule has 0 saturated carbocycles. The molecule has 0 spiro atoms. The number of amides is 1. The molecule has 10 nitrogen and oxygen atoms in total. The number of anilines is 1. The number of carbonyl (C=O) groups is 4. The number of thiazole rings is 1. The van der Waals surface area contributed by atoms with Crippen molar-refractivity contribution in [2.45, 2.75) is 19.9 Å². The summed E-state index contributed by atoms with van der Waals surface area (Å²) in [6.45, 7) is 3.25. The van der Waals surface area contributed by atoms with Gasteiger partial charge in [-0.2, -0.15) is 0 Å². The van der Waals surface area contributed by atoms with E-state index in [0.29, 0.717) is 28.5 Å². The first-order chi connectivity index (χ1) is 16.7. The van der Waals surface area contributed by atoms with Crippen LogP contribution in [0.5, 0.6) is 11.5 Å². The van der Waals surface area contributed by atoms with E-state index in [2.05, 4.69) is 4.98 Å². The van der Waals surface area contributed by atoms with E-state index in [9.17, 15) is 19.2 Å². The molecule has 3 heterocycles. The van der Waals surface area contributed by atoms with Crippen LogP contribution in [-0.2, 0) is 14.3 Å². The molecule has 4 rings (SSSR count). The van der Waals surface area contributed by atoms with Gasteiger partial charge < -0.3 is 18.6 Å². The Morgan fingerprint density at radius 2 is 1.80 bits per heavy atom. The van der Waals surface area contributed by atoms with E-state index in [1.54, 1.807) is 38.1 Å². The van der Waals surface area contributed by atoms with Gasteiger partial charge in [-0.05, 0) is 44.2 Å². The molecule has 0 bridgehead atoms. The number of aromatic nitrogens is 1. The molecule has 1 aliphatic rings. The van der Waals surface area contributed by atoms with Crippen molar-refractivity contribution in [1.82, 2.24) is 4.98 Å². The van der Waals surface area contributed by atoms with Gasteiger partial charge in [0.15, 0.2) is 10.9 Å². The molecule has 0 radical (unpaired) electrons. The van der Waals surface area contributed by atoms with Crippen LogP contribution in [-0.4, -0.2) is 49.8 Å². The van der Waals surface area contributed by atoms with Crippen molar-refractivity contribution < 1.29 is 37.8 Å². The average Bonchev–Trinajstić information content (AvgIpc) is 3.53. The lowest BCUT2D eigenvalue weighted by Crippen LogP contribution is -2.31. The van der Waals surface area contributed by atoms with Crippen LogP contribution in [0.4, 0.5) is 5.13 Å². The zero-order valence-corrected chi connectivity index (χ0v) is 20.4. The lowest BCUT2D eigenvalue weighted by Gasteiger charge is -2.26. The molecule has 182 valence electrons. The summed E-state index contributed by atoms with van der Waals surface area (Å²) in [6.07, 6.45) is 0. The van der Waals surface area contributed by atoms with Gasteiger partial charge in [-0.3, -0.25) is 19.3 Å². The maximum Gasteiger partial charge on any atom is 0.350 e. The summed E-state index contributed by atoms with van der Waals surface area (Å²) < 4.78 is 21.1. The van der Waals surface area contributed by atoms with Gasteiger partial charge in [0, 0.05) is 5.56 Å². The number of rotatable bonds is 7. The summed E-state index contributed by atoms with van der Waals surface area (Å²) >= 11 is 0.891. The zero-order chi connectivity index (χ0) is 25.4. The number of Topliss-reactive ketones (excluding diaryl/α,β-unsaturated/α-hetero) is 2. The third kappa shape index (κ3) is 4.08. The van der Waals surface area contributed by atoms with Crippen molar-refractivity contribution in [3.63, 3.8) is 0 Å².